The second-order valence-electron chi connectivity index (χ2n) is 9.22. The molecular formula is C30H20FN7O2. The Bertz CT molecular complexity index is 1980. The van der Waals surface area contributed by atoms with Crippen LogP contribution in [0.15, 0.2) is 91.5 Å². The molecule has 2 aromatic carbocycles. The number of fused-ring (bicyclic) bond motifs is 2. The summed E-state index contributed by atoms with van der Waals surface area (Å²) < 4.78 is 19.9. The van der Waals surface area contributed by atoms with Gasteiger partial charge in [0.25, 0.3) is 0 Å². The van der Waals surface area contributed by atoms with Crippen molar-refractivity contribution in [3.05, 3.63) is 103 Å². The number of ether oxygens (including phenoxy) is 1. The van der Waals surface area contributed by atoms with Crippen LogP contribution in [0.25, 0.3) is 56.0 Å². The number of benzene rings is 2. The van der Waals surface area contributed by atoms with Gasteiger partial charge < -0.3 is 14.8 Å². The highest BCUT2D eigenvalue weighted by Crippen LogP contribution is 2.33. The lowest BCUT2D eigenvalue weighted by molar-refractivity contribution is 0.305. The third-order valence-electron chi connectivity index (χ3n) is 6.48. The highest BCUT2D eigenvalue weighted by Gasteiger charge is 2.18. The van der Waals surface area contributed by atoms with Crippen LogP contribution in [0.3, 0.4) is 0 Å². The lowest BCUT2D eigenvalue weighted by Crippen LogP contribution is -1.96. The van der Waals surface area contributed by atoms with E-state index in [9.17, 15) is 9.50 Å². The van der Waals surface area contributed by atoms with Crippen molar-refractivity contribution in [2.24, 2.45) is 0 Å². The Labute approximate surface area is 226 Å². The molecule has 40 heavy (non-hydrogen) atoms. The normalized spacial score (nSPS) is 11.3. The number of H-pyrrole nitrogens is 2. The fraction of sp³-hybridized carbons (Fsp3) is 0.0333. The molecule has 0 fully saturated rings. The summed E-state index contributed by atoms with van der Waals surface area (Å²) in [5, 5.41) is 17.4. The number of pyridine rings is 3. The van der Waals surface area contributed by atoms with E-state index in [-0.39, 0.29) is 5.75 Å². The van der Waals surface area contributed by atoms with Crippen molar-refractivity contribution in [1.29, 1.82) is 0 Å². The number of hydrogen-bond acceptors (Lipinski definition) is 7. The summed E-state index contributed by atoms with van der Waals surface area (Å²) in [4.78, 5) is 21.5. The van der Waals surface area contributed by atoms with Gasteiger partial charge in [0.05, 0.1) is 34.6 Å². The molecule has 0 atom stereocenters. The van der Waals surface area contributed by atoms with Crippen molar-refractivity contribution in [3.63, 3.8) is 0 Å². The van der Waals surface area contributed by atoms with Gasteiger partial charge in [-0.05, 0) is 41.5 Å². The molecule has 194 valence electrons. The number of rotatable bonds is 6. The quantitative estimate of drug-likeness (QED) is 0.239. The summed E-state index contributed by atoms with van der Waals surface area (Å²) in [6.45, 7) is 0.433. The lowest BCUT2D eigenvalue weighted by Gasteiger charge is -2.08. The highest BCUT2D eigenvalue weighted by atomic mass is 19.1. The average Bonchev–Trinajstić information content (AvgIpc) is 3.60. The average molecular weight is 530 g/mol. The van der Waals surface area contributed by atoms with Crippen molar-refractivity contribution in [2.45, 2.75) is 6.61 Å². The van der Waals surface area contributed by atoms with Gasteiger partial charge in [0.15, 0.2) is 11.5 Å². The summed E-state index contributed by atoms with van der Waals surface area (Å²) in [5.41, 5.74) is 6.65. The van der Waals surface area contributed by atoms with E-state index in [2.05, 4.69) is 25.1 Å². The molecule has 5 aromatic heterocycles. The van der Waals surface area contributed by atoms with Crippen molar-refractivity contribution >= 4 is 22.1 Å². The molecule has 0 aliphatic heterocycles. The van der Waals surface area contributed by atoms with Crippen LogP contribution in [0.2, 0.25) is 0 Å². The lowest BCUT2D eigenvalue weighted by atomic mass is 10.1. The van der Waals surface area contributed by atoms with Crippen LogP contribution in [0.1, 0.15) is 5.56 Å². The molecule has 9 nitrogen and oxygen atoms in total. The number of nitrogens with zero attached hydrogens (tertiary/aromatic N) is 5. The van der Waals surface area contributed by atoms with E-state index >= 15 is 0 Å². The van der Waals surface area contributed by atoms with Crippen LogP contribution in [0.5, 0.6) is 11.5 Å². The summed E-state index contributed by atoms with van der Waals surface area (Å²) in [5.74, 6) is 0.374. The van der Waals surface area contributed by atoms with Gasteiger partial charge >= 0.3 is 0 Å². The molecule has 0 saturated heterocycles. The molecule has 5 heterocycles. The number of halogens is 1. The fourth-order valence-corrected chi connectivity index (χ4v) is 4.59. The number of aromatic hydroxyl groups is 1. The molecular weight excluding hydrogens is 509 g/mol. The van der Waals surface area contributed by atoms with Crippen LogP contribution in [0.4, 0.5) is 4.39 Å². The van der Waals surface area contributed by atoms with Gasteiger partial charge in [0, 0.05) is 29.6 Å². The van der Waals surface area contributed by atoms with Gasteiger partial charge in [-0.25, -0.2) is 14.4 Å². The van der Waals surface area contributed by atoms with Crippen LogP contribution >= 0.6 is 0 Å². The zero-order chi connectivity index (χ0) is 27.1. The monoisotopic (exact) mass is 529 g/mol. The van der Waals surface area contributed by atoms with Crippen molar-refractivity contribution in [1.82, 2.24) is 35.1 Å². The SMILES string of the molecule is Oc1cc(F)cc(-c2cncc3[nH]c(-c4n[nH]c5ccc(-c6cncc(OCc7ccccc7)c6)nc45)nc23)c1. The third kappa shape index (κ3) is 4.37. The van der Waals surface area contributed by atoms with E-state index in [1.54, 1.807) is 24.8 Å². The van der Waals surface area contributed by atoms with Crippen molar-refractivity contribution < 1.29 is 14.2 Å². The van der Waals surface area contributed by atoms with Gasteiger partial charge in [-0.3, -0.25) is 15.1 Å². The molecule has 10 heteroatoms. The minimum Gasteiger partial charge on any atom is -0.508 e. The number of imidazole rings is 1. The molecule has 0 radical (unpaired) electrons. The van der Waals surface area contributed by atoms with Gasteiger partial charge in [-0.15, -0.1) is 0 Å². The fourth-order valence-electron chi connectivity index (χ4n) is 4.59. The molecule has 0 aliphatic carbocycles. The minimum absolute atomic E-state index is 0.179. The Morgan fingerprint density at radius 2 is 1.68 bits per heavy atom. The Balaban J connectivity index is 1.25. The first-order valence-electron chi connectivity index (χ1n) is 12.4. The molecule has 0 spiro atoms. The van der Waals surface area contributed by atoms with Gasteiger partial charge in [-0.1, -0.05) is 30.3 Å². The van der Waals surface area contributed by atoms with Crippen LogP contribution < -0.4 is 4.74 Å². The van der Waals surface area contributed by atoms with E-state index < -0.39 is 5.82 Å². The maximum atomic E-state index is 14.0. The second kappa shape index (κ2) is 9.59. The second-order valence-corrected chi connectivity index (χ2v) is 9.22. The van der Waals surface area contributed by atoms with Crippen LogP contribution in [-0.4, -0.2) is 40.2 Å². The summed E-state index contributed by atoms with van der Waals surface area (Å²) >= 11 is 0. The number of phenolic OH excluding ortho intramolecular Hbond substituents is 1. The zero-order valence-electron chi connectivity index (χ0n) is 20.8. The van der Waals surface area contributed by atoms with E-state index in [1.807, 2.05) is 48.5 Å². The number of phenols is 1. The van der Waals surface area contributed by atoms with E-state index in [0.717, 1.165) is 22.7 Å². The first-order chi connectivity index (χ1) is 19.6. The Morgan fingerprint density at radius 3 is 2.55 bits per heavy atom. The van der Waals surface area contributed by atoms with Gasteiger partial charge in [0.2, 0.25) is 0 Å². The number of nitrogens with one attached hydrogen (secondary N) is 2. The highest BCUT2D eigenvalue weighted by molar-refractivity contribution is 5.96. The molecule has 0 saturated carbocycles. The predicted molar refractivity (Wildman–Crippen MR) is 148 cm³/mol. The molecule has 0 aliphatic rings. The largest absolute Gasteiger partial charge is 0.508 e. The van der Waals surface area contributed by atoms with Crippen molar-refractivity contribution in [3.8, 4) is 45.4 Å². The standard InChI is InChI=1S/C30H20FN7O2/c31-20-8-18(9-21(39)11-20)23-14-33-15-26-27(23)36-30(35-26)29-28-25(37-38-29)7-6-24(34-28)19-10-22(13-32-12-19)40-16-17-4-2-1-3-5-17/h1-15,39H,16H2,(H,35,36)(H,37,38). The third-order valence-corrected chi connectivity index (χ3v) is 6.48. The maximum absolute atomic E-state index is 14.0. The summed E-state index contributed by atoms with van der Waals surface area (Å²) in [6, 6.07) is 19.5. The molecule has 0 unspecified atom stereocenters. The first-order valence-corrected chi connectivity index (χ1v) is 12.4. The van der Waals surface area contributed by atoms with Crippen molar-refractivity contribution in [2.75, 3.05) is 0 Å². The minimum atomic E-state index is -0.554. The predicted octanol–water partition coefficient (Wildman–Crippen LogP) is 6.05. The number of aromatic nitrogens is 7. The van der Waals surface area contributed by atoms with Crippen LogP contribution in [-0.2, 0) is 6.61 Å². The maximum Gasteiger partial charge on any atom is 0.161 e. The van der Waals surface area contributed by atoms with E-state index in [4.69, 9.17) is 14.7 Å². The molecule has 7 aromatic rings. The smallest absolute Gasteiger partial charge is 0.161 e. The molecule has 7 rings (SSSR count). The topological polar surface area (TPSA) is 125 Å². The van der Waals surface area contributed by atoms with Crippen LogP contribution in [0, 0.1) is 5.82 Å². The number of aromatic amines is 2. The summed E-state index contributed by atoms with van der Waals surface area (Å²) in [7, 11) is 0. The molecule has 0 amide bonds. The molecule has 0 bridgehead atoms. The Kier molecular flexibility index (Phi) is 5.63. The zero-order valence-corrected chi connectivity index (χ0v) is 20.8. The molecule has 3 N–H and O–H groups in total. The Morgan fingerprint density at radius 1 is 0.800 bits per heavy atom. The summed E-state index contributed by atoms with van der Waals surface area (Å²) in [6.07, 6.45) is 6.62. The number of hydrogen-bond donors (Lipinski definition) is 3. The van der Waals surface area contributed by atoms with E-state index in [0.29, 0.717) is 57.2 Å². The van der Waals surface area contributed by atoms with Gasteiger partial charge in [0.1, 0.15) is 29.4 Å². The first kappa shape index (κ1) is 23.5. The van der Waals surface area contributed by atoms with E-state index in [1.165, 1.54) is 12.1 Å². The Hall–Kier alpha value is -5.64. The van der Waals surface area contributed by atoms with Gasteiger partial charge in [-0.2, -0.15) is 5.10 Å².